The van der Waals surface area contributed by atoms with E-state index in [0.29, 0.717) is 30.7 Å². The second-order valence-corrected chi connectivity index (χ2v) is 12.0. The molecule has 0 bridgehead atoms. The molecule has 3 aromatic rings. The first-order valence-corrected chi connectivity index (χ1v) is 13.7. The molecule has 0 unspecified atom stereocenters. The average Bonchev–Trinajstić information content (AvgIpc) is 3.43. The van der Waals surface area contributed by atoms with Crippen LogP contribution in [0, 0.1) is 5.92 Å². The largest absolute Gasteiger partial charge is 0.387 e. The summed E-state index contributed by atoms with van der Waals surface area (Å²) in [7, 11) is 1.92. The van der Waals surface area contributed by atoms with Crippen molar-refractivity contribution >= 4 is 28.7 Å². The SMILES string of the molecule is CC(C)[C@@H](CCN(C)C[C@H]1O[C@@H](n2cnc3c(N)ncnc32)[C@H](O)[C@H]1O)NC(=O)Nc1ccc(C(C)(C)C)cc1. The predicted octanol–water partition coefficient (Wildman–Crippen LogP) is 2.49. The van der Waals surface area contributed by atoms with Crippen LogP contribution in [0.15, 0.2) is 36.9 Å². The minimum atomic E-state index is -1.17. The number of rotatable bonds is 9. The Kier molecular flexibility index (Phi) is 8.93. The highest BCUT2D eigenvalue weighted by Gasteiger charge is 2.44. The lowest BCUT2D eigenvalue weighted by Crippen LogP contribution is -2.44. The first-order chi connectivity index (χ1) is 18.8. The quantitative estimate of drug-likeness (QED) is 0.267. The number of hydrogen-bond donors (Lipinski definition) is 5. The molecule has 0 spiro atoms. The Balaban J connectivity index is 1.30. The first-order valence-electron chi connectivity index (χ1n) is 13.7. The van der Waals surface area contributed by atoms with Gasteiger partial charge in [0.25, 0.3) is 0 Å². The number of nitrogens with zero attached hydrogens (tertiary/aromatic N) is 5. The third kappa shape index (κ3) is 6.69. The standard InChI is InChI=1S/C28H42N8O4/c1-16(2)19(34-27(39)33-18-9-7-17(8-10-18)28(3,4)5)11-12-35(6)13-20-22(37)23(38)26(40-20)36-15-32-21-24(29)30-14-31-25(21)36/h7-10,14-16,19-20,22-23,26,37-38H,11-13H2,1-6H3,(H2,29,30,31)(H2,33,34,39)/t19-,20-,22+,23-,26-/m1/s1. The molecule has 218 valence electrons. The van der Waals surface area contributed by atoms with E-state index in [0.717, 1.165) is 5.69 Å². The van der Waals surface area contributed by atoms with E-state index in [4.69, 9.17) is 10.5 Å². The molecule has 1 aliphatic rings. The summed E-state index contributed by atoms with van der Waals surface area (Å²) in [5.41, 5.74) is 8.70. The summed E-state index contributed by atoms with van der Waals surface area (Å²) >= 11 is 0. The van der Waals surface area contributed by atoms with Gasteiger partial charge in [-0.15, -0.1) is 0 Å². The molecule has 0 aliphatic carbocycles. The van der Waals surface area contributed by atoms with Crippen LogP contribution in [0.25, 0.3) is 11.2 Å². The maximum atomic E-state index is 12.7. The van der Waals surface area contributed by atoms with Gasteiger partial charge in [-0.2, -0.15) is 0 Å². The van der Waals surface area contributed by atoms with Crippen molar-refractivity contribution in [1.82, 2.24) is 29.7 Å². The Labute approximate surface area is 235 Å². The van der Waals surface area contributed by atoms with Crippen LogP contribution in [-0.4, -0.2) is 85.2 Å². The smallest absolute Gasteiger partial charge is 0.319 e. The zero-order chi connectivity index (χ0) is 29.2. The van der Waals surface area contributed by atoms with Gasteiger partial charge in [-0.3, -0.25) is 4.57 Å². The zero-order valence-electron chi connectivity index (χ0n) is 24.1. The number of ether oxygens (including phenoxy) is 1. The number of urea groups is 1. The minimum absolute atomic E-state index is 0.0471. The summed E-state index contributed by atoms with van der Waals surface area (Å²) in [5.74, 6) is 0.444. The summed E-state index contributed by atoms with van der Waals surface area (Å²) in [4.78, 5) is 27.1. The van der Waals surface area contributed by atoms with Crippen LogP contribution in [0.5, 0.6) is 0 Å². The van der Waals surface area contributed by atoms with E-state index in [2.05, 4.69) is 60.2 Å². The molecule has 5 atom stereocenters. The van der Waals surface area contributed by atoms with Crippen LogP contribution in [0.3, 0.4) is 0 Å². The summed E-state index contributed by atoms with van der Waals surface area (Å²) in [5, 5.41) is 27.5. The van der Waals surface area contributed by atoms with Crippen molar-refractivity contribution < 1.29 is 19.7 Å². The third-order valence-electron chi connectivity index (χ3n) is 7.44. The number of aromatic nitrogens is 4. The van der Waals surface area contributed by atoms with Gasteiger partial charge in [-0.1, -0.05) is 46.8 Å². The van der Waals surface area contributed by atoms with Gasteiger partial charge in [0, 0.05) is 18.3 Å². The van der Waals surface area contributed by atoms with E-state index in [-0.39, 0.29) is 29.2 Å². The van der Waals surface area contributed by atoms with Crippen molar-refractivity contribution in [2.75, 3.05) is 31.2 Å². The number of aliphatic hydroxyl groups is 2. The van der Waals surface area contributed by atoms with E-state index in [1.807, 2.05) is 36.2 Å². The summed E-state index contributed by atoms with van der Waals surface area (Å²) in [6, 6.07) is 7.59. The van der Waals surface area contributed by atoms with Gasteiger partial charge >= 0.3 is 6.03 Å². The lowest BCUT2D eigenvalue weighted by Gasteiger charge is -2.27. The number of nitrogens with two attached hydrogens (primary N) is 1. The van der Waals surface area contributed by atoms with Gasteiger partial charge in [0.15, 0.2) is 17.7 Å². The molecule has 2 aromatic heterocycles. The molecular formula is C28H42N8O4. The van der Waals surface area contributed by atoms with Gasteiger partial charge < -0.3 is 36.2 Å². The maximum Gasteiger partial charge on any atom is 0.319 e. The van der Waals surface area contributed by atoms with Gasteiger partial charge in [-0.05, 0) is 49.0 Å². The number of benzene rings is 1. The molecule has 40 heavy (non-hydrogen) atoms. The minimum Gasteiger partial charge on any atom is -0.387 e. The van der Waals surface area contributed by atoms with Crippen molar-refractivity contribution in [3.8, 4) is 0 Å². The number of fused-ring (bicyclic) bond motifs is 1. The second kappa shape index (κ2) is 12.0. The monoisotopic (exact) mass is 554 g/mol. The van der Waals surface area contributed by atoms with E-state index >= 15 is 0 Å². The van der Waals surface area contributed by atoms with Gasteiger partial charge in [0.05, 0.1) is 6.33 Å². The van der Waals surface area contributed by atoms with Crippen LogP contribution < -0.4 is 16.4 Å². The van der Waals surface area contributed by atoms with Crippen molar-refractivity contribution in [2.24, 2.45) is 5.92 Å². The number of amides is 2. The second-order valence-electron chi connectivity index (χ2n) is 12.0. The van der Waals surface area contributed by atoms with Crippen molar-refractivity contribution in [1.29, 1.82) is 0 Å². The summed E-state index contributed by atoms with van der Waals surface area (Å²) in [6.07, 6.45) is -0.268. The van der Waals surface area contributed by atoms with Crippen LogP contribution in [0.1, 0.15) is 52.8 Å². The van der Waals surface area contributed by atoms with E-state index in [1.54, 1.807) is 4.57 Å². The lowest BCUT2D eigenvalue weighted by molar-refractivity contribution is -0.0423. The molecule has 1 aliphatic heterocycles. The fourth-order valence-electron chi connectivity index (χ4n) is 4.89. The van der Waals surface area contributed by atoms with Crippen LogP contribution in [0.2, 0.25) is 0 Å². The topological polar surface area (TPSA) is 164 Å². The Hall–Kier alpha value is -3.32. The Morgan fingerprint density at radius 1 is 1.15 bits per heavy atom. The first kappa shape index (κ1) is 29.7. The van der Waals surface area contributed by atoms with E-state index in [9.17, 15) is 15.0 Å². The van der Waals surface area contributed by atoms with Crippen molar-refractivity contribution in [3.05, 3.63) is 42.5 Å². The van der Waals surface area contributed by atoms with E-state index < -0.39 is 24.5 Å². The molecule has 1 aromatic carbocycles. The zero-order valence-corrected chi connectivity index (χ0v) is 24.1. The highest BCUT2D eigenvalue weighted by Crippen LogP contribution is 2.32. The van der Waals surface area contributed by atoms with Crippen LogP contribution in [-0.2, 0) is 10.2 Å². The Morgan fingerprint density at radius 3 is 2.50 bits per heavy atom. The third-order valence-corrected chi connectivity index (χ3v) is 7.44. The molecule has 4 rings (SSSR count). The molecular weight excluding hydrogens is 512 g/mol. The molecule has 0 saturated carbocycles. The number of nitrogens with one attached hydrogen (secondary N) is 2. The number of aliphatic hydroxyl groups excluding tert-OH is 2. The molecule has 6 N–H and O–H groups in total. The highest BCUT2D eigenvalue weighted by molar-refractivity contribution is 5.89. The Morgan fingerprint density at radius 2 is 1.85 bits per heavy atom. The number of anilines is 2. The molecule has 2 amide bonds. The van der Waals surface area contributed by atoms with Crippen LogP contribution >= 0.6 is 0 Å². The fourth-order valence-corrected chi connectivity index (χ4v) is 4.89. The molecule has 0 radical (unpaired) electrons. The predicted molar refractivity (Wildman–Crippen MR) is 154 cm³/mol. The number of hydrogen-bond acceptors (Lipinski definition) is 9. The normalized spacial score (nSPS) is 22.2. The molecule has 12 nitrogen and oxygen atoms in total. The lowest BCUT2D eigenvalue weighted by atomic mass is 9.87. The van der Waals surface area contributed by atoms with Crippen molar-refractivity contribution in [3.63, 3.8) is 0 Å². The number of carbonyl (C=O) groups excluding carboxylic acids is 1. The molecule has 1 saturated heterocycles. The van der Waals surface area contributed by atoms with Crippen molar-refractivity contribution in [2.45, 2.75) is 77.0 Å². The Bertz CT molecular complexity index is 1290. The number of likely N-dealkylation sites (N-methyl/N-ethyl adjacent to an activating group) is 1. The number of carbonyl (C=O) groups is 1. The van der Waals surface area contributed by atoms with E-state index in [1.165, 1.54) is 18.2 Å². The molecule has 12 heteroatoms. The highest BCUT2D eigenvalue weighted by atomic mass is 16.6. The van der Waals surface area contributed by atoms with Gasteiger partial charge in [0.2, 0.25) is 0 Å². The average molecular weight is 555 g/mol. The van der Waals surface area contributed by atoms with Crippen LogP contribution in [0.4, 0.5) is 16.3 Å². The number of nitrogen functional groups attached to an aromatic ring is 1. The molecule has 3 heterocycles. The van der Waals surface area contributed by atoms with Gasteiger partial charge in [0.1, 0.15) is 30.2 Å². The van der Waals surface area contributed by atoms with Gasteiger partial charge in [-0.25, -0.2) is 19.7 Å². The summed E-state index contributed by atoms with van der Waals surface area (Å²) in [6.45, 7) is 11.6. The maximum absolute atomic E-state index is 12.7. The summed E-state index contributed by atoms with van der Waals surface area (Å²) < 4.78 is 7.63. The number of imidazole rings is 1. The molecule has 1 fully saturated rings. The fraction of sp³-hybridized carbons (Fsp3) is 0.571.